The van der Waals surface area contributed by atoms with Crippen LogP contribution >= 0.6 is 22.6 Å². The second-order valence-corrected chi connectivity index (χ2v) is 5.81. The summed E-state index contributed by atoms with van der Waals surface area (Å²) in [5.41, 5.74) is 1.71. The molecule has 0 saturated heterocycles. The average Bonchev–Trinajstić information content (AvgIpc) is 2.54. The summed E-state index contributed by atoms with van der Waals surface area (Å²) in [7, 11) is 1.57. The zero-order valence-electron chi connectivity index (χ0n) is 12.8. The van der Waals surface area contributed by atoms with E-state index in [0.29, 0.717) is 29.2 Å². The van der Waals surface area contributed by atoms with Gasteiger partial charge in [-0.2, -0.15) is 5.26 Å². The van der Waals surface area contributed by atoms with Crippen molar-refractivity contribution in [3.8, 4) is 17.6 Å². The van der Waals surface area contributed by atoms with Crippen LogP contribution in [0.15, 0.2) is 36.4 Å². The van der Waals surface area contributed by atoms with Gasteiger partial charge in [0.25, 0.3) is 0 Å². The van der Waals surface area contributed by atoms with Crippen molar-refractivity contribution in [1.29, 1.82) is 5.26 Å². The predicted molar refractivity (Wildman–Crippen MR) is 96.8 cm³/mol. The van der Waals surface area contributed by atoms with Crippen molar-refractivity contribution in [2.24, 2.45) is 0 Å². The van der Waals surface area contributed by atoms with E-state index in [-0.39, 0.29) is 5.82 Å². The van der Waals surface area contributed by atoms with E-state index >= 15 is 0 Å². The van der Waals surface area contributed by atoms with Crippen LogP contribution in [0.25, 0.3) is 11.6 Å². The predicted octanol–water partition coefficient (Wildman–Crippen LogP) is 4.90. The number of nitriles is 1. The fourth-order valence-corrected chi connectivity index (χ4v) is 2.89. The SMILES string of the molecule is CCOc1c(I)cc(/C=C(\C#N)c2cccc(F)c2)cc1OC. The van der Waals surface area contributed by atoms with Gasteiger partial charge in [-0.1, -0.05) is 12.1 Å². The Labute approximate surface area is 148 Å². The third kappa shape index (κ3) is 4.23. The highest BCUT2D eigenvalue weighted by molar-refractivity contribution is 14.1. The zero-order chi connectivity index (χ0) is 16.8. The molecule has 2 rings (SSSR count). The Morgan fingerprint density at radius 1 is 1.35 bits per heavy atom. The fourth-order valence-electron chi connectivity index (χ4n) is 2.11. The average molecular weight is 423 g/mol. The Kier molecular flexibility index (Phi) is 5.99. The Morgan fingerprint density at radius 2 is 2.13 bits per heavy atom. The molecule has 0 radical (unpaired) electrons. The lowest BCUT2D eigenvalue weighted by atomic mass is 10.0. The Bertz CT molecular complexity index is 781. The maximum atomic E-state index is 13.3. The van der Waals surface area contributed by atoms with Crippen molar-refractivity contribution < 1.29 is 13.9 Å². The van der Waals surface area contributed by atoms with Crippen LogP contribution in [0.1, 0.15) is 18.1 Å². The summed E-state index contributed by atoms with van der Waals surface area (Å²) in [6.45, 7) is 2.44. The molecule has 0 fully saturated rings. The minimum absolute atomic E-state index is 0.373. The monoisotopic (exact) mass is 423 g/mol. The van der Waals surface area contributed by atoms with Gasteiger partial charge in [0.15, 0.2) is 11.5 Å². The van der Waals surface area contributed by atoms with Crippen LogP contribution in [-0.4, -0.2) is 13.7 Å². The lowest BCUT2D eigenvalue weighted by Gasteiger charge is -2.12. The summed E-state index contributed by atoms with van der Waals surface area (Å²) < 4.78 is 25.2. The van der Waals surface area contributed by atoms with Crippen LogP contribution in [0.3, 0.4) is 0 Å². The van der Waals surface area contributed by atoms with Gasteiger partial charge in [-0.15, -0.1) is 0 Å². The van der Waals surface area contributed by atoms with E-state index in [4.69, 9.17) is 9.47 Å². The van der Waals surface area contributed by atoms with Gasteiger partial charge in [0, 0.05) is 0 Å². The molecule has 0 bridgehead atoms. The summed E-state index contributed by atoms with van der Waals surface area (Å²) >= 11 is 2.16. The van der Waals surface area contributed by atoms with Crippen LogP contribution in [0.2, 0.25) is 0 Å². The van der Waals surface area contributed by atoms with Crippen molar-refractivity contribution in [3.63, 3.8) is 0 Å². The van der Waals surface area contributed by atoms with Gasteiger partial charge in [-0.3, -0.25) is 0 Å². The molecule has 0 aromatic heterocycles. The summed E-state index contributed by atoms with van der Waals surface area (Å²) in [6.07, 6.45) is 1.70. The number of ether oxygens (including phenoxy) is 2. The van der Waals surface area contributed by atoms with Crippen molar-refractivity contribution in [3.05, 3.63) is 56.9 Å². The zero-order valence-corrected chi connectivity index (χ0v) is 14.9. The first-order valence-corrected chi connectivity index (χ1v) is 8.05. The Morgan fingerprint density at radius 3 is 2.74 bits per heavy atom. The third-order valence-corrected chi connectivity index (χ3v) is 3.91. The molecule has 2 aromatic carbocycles. The molecule has 0 saturated carbocycles. The van der Waals surface area contributed by atoms with Crippen LogP contribution in [-0.2, 0) is 0 Å². The number of methoxy groups -OCH3 is 1. The fraction of sp³-hybridized carbons (Fsp3) is 0.167. The summed E-state index contributed by atoms with van der Waals surface area (Å²) in [4.78, 5) is 0. The highest BCUT2D eigenvalue weighted by Gasteiger charge is 2.11. The Hall–Kier alpha value is -2.07. The molecule has 2 aromatic rings. The molecule has 0 aliphatic heterocycles. The molecule has 3 nitrogen and oxygen atoms in total. The van der Waals surface area contributed by atoms with Gasteiger partial charge >= 0.3 is 0 Å². The highest BCUT2D eigenvalue weighted by atomic mass is 127. The normalized spacial score (nSPS) is 11.0. The molecule has 0 amide bonds. The molecule has 0 heterocycles. The summed E-state index contributed by atoms with van der Waals surface area (Å²) in [6, 6.07) is 11.8. The first-order chi connectivity index (χ1) is 11.1. The minimum Gasteiger partial charge on any atom is -0.493 e. The van der Waals surface area contributed by atoms with E-state index in [0.717, 1.165) is 9.13 Å². The van der Waals surface area contributed by atoms with Gasteiger partial charge in [0.1, 0.15) is 5.82 Å². The van der Waals surface area contributed by atoms with Crippen LogP contribution in [0.5, 0.6) is 11.5 Å². The number of nitrogens with zero attached hydrogens (tertiary/aromatic N) is 1. The molecular formula is C18H15FINO2. The van der Waals surface area contributed by atoms with Gasteiger partial charge in [-0.05, 0) is 71.0 Å². The molecule has 0 spiro atoms. The summed E-state index contributed by atoms with van der Waals surface area (Å²) in [5, 5.41) is 9.37. The maximum absolute atomic E-state index is 13.3. The van der Waals surface area contributed by atoms with Gasteiger partial charge in [0.05, 0.1) is 28.9 Å². The van der Waals surface area contributed by atoms with Crippen LogP contribution < -0.4 is 9.47 Å². The molecule has 0 aliphatic rings. The van der Waals surface area contributed by atoms with Crippen LogP contribution in [0, 0.1) is 20.7 Å². The quantitative estimate of drug-likeness (QED) is 0.390. The highest BCUT2D eigenvalue weighted by Crippen LogP contribution is 2.35. The smallest absolute Gasteiger partial charge is 0.174 e. The number of benzene rings is 2. The first kappa shape index (κ1) is 17.3. The minimum atomic E-state index is -0.373. The molecule has 23 heavy (non-hydrogen) atoms. The second kappa shape index (κ2) is 7.97. The van der Waals surface area contributed by atoms with E-state index in [9.17, 15) is 9.65 Å². The number of rotatable bonds is 5. The van der Waals surface area contributed by atoms with Crippen molar-refractivity contribution in [2.45, 2.75) is 6.92 Å². The maximum Gasteiger partial charge on any atom is 0.174 e. The number of allylic oxidation sites excluding steroid dienone is 1. The van der Waals surface area contributed by atoms with E-state index in [2.05, 4.69) is 28.7 Å². The molecule has 0 N–H and O–H groups in total. The van der Waals surface area contributed by atoms with E-state index in [1.165, 1.54) is 12.1 Å². The topological polar surface area (TPSA) is 42.2 Å². The van der Waals surface area contributed by atoms with E-state index in [1.54, 1.807) is 31.4 Å². The van der Waals surface area contributed by atoms with Crippen LogP contribution in [0.4, 0.5) is 4.39 Å². The van der Waals surface area contributed by atoms with Crippen molar-refractivity contribution in [1.82, 2.24) is 0 Å². The first-order valence-electron chi connectivity index (χ1n) is 6.97. The second-order valence-electron chi connectivity index (χ2n) is 4.65. The largest absolute Gasteiger partial charge is 0.493 e. The van der Waals surface area contributed by atoms with E-state index < -0.39 is 0 Å². The molecule has 5 heteroatoms. The Balaban J connectivity index is 2.49. The van der Waals surface area contributed by atoms with Crippen molar-refractivity contribution >= 4 is 34.2 Å². The number of hydrogen-bond acceptors (Lipinski definition) is 3. The van der Waals surface area contributed by atoms with Gasteiger partial charge in [0.2, 0.25) is 0 Å². The van der Waals surface area contributed by atoms with Gasteiger partial charge in [-0.25, -0.2) is 4.39 Å². The van der Waals surface area contributed by atoms with Crippen molar-refractivity contribution in [2.75, 3.05) is 13.7 Å². The number of hydrogen-bond donors (Lipinski definition) is 0. The molecule has 118 valence electrons. The van der Waals surface area contributed by atoms with Gasteiger partial charge < -0.3 is 9.47 Å². The van der Waals surface area contributed by atoms with E-state index in [1.807, 2.05) is 13.0 Å². The molecule has 0 unspecified atom stereocenters. The lowest BCUT2D eigenvalue weighted by Crippen LogP contribution is -1.98. The number of halogens is 2. The third-order valence-electron chi connectivity index (χ3n) is 3.11. The molecule has 0 aliphatic carbocycles. The lowest BCUT2D eigenvalue weighted by molar-refractivity contribution is 0.308. The standard InChI is InChI=1S/C18H15FINO2/c1-3-23-18-16(20)8-12(9-17(18)22-2)7-14(11-21)13-5-4-6-15(19)10-13/h4-10H,3H2,1-2H3/b14-7+. The molecule has 0 atom stereocenters. The summed E-state index contributed by atoms with van der Waals surface area (Å²) in [5.74, 6) is 0.904. The molecular weight excluding hydrogens is 408 g/mol.